The van der Waals surface area contributed by atoms with Gasteiger partial charge in [-0.15, -0.1) is 11.8 Å². The first-order chi connectivity index (χ1) is 10.4. The van der Waals surface area contributed by atoms with Gasteiger partial charge >= 0.3 is 0 Å². The Labute approximate surface area is 134 Å². The highest BCUT2D eigenvalue weighted by Gasteiger charge is 2.17. The van der Waals surface area contributed by atoms with Gasteiger partial charge < -0.3 is 14.6 Å². The summed E-state index contributed by atoms with van der Waals surface area (Å²) < 4.78 is 10.1. The maximum Gasteiger partial charge on any atom is 0.185 e. The SMILES string of the molecule is CSc1snc(NN=c2c(O)c(C)oc(C)c2O)c1C(C)=O. The third-order valence-corrected chi connectivity index (χ3v) is 4.84. The largest absolute Gasteiger partial charge is 0.503 e. The highest BCUT2D eigenvalue weighted by atomic mass is 32.2. The quantitative estimate of drug-likeness (QED) is 0.445. The van der Waals surface area contributed by atoms with E-state index in [1.165, 1.54) is 30.2 Å². The topological polar surface area (TPSA) is 108 Å². The van der Waals surface area contributed by atoms with Gasteiger partial charge in [-0.25, -0.2) is 0 Å². The van der Waals surface area contributed by atoms with Crippen LogP contribution in [-0.2, 0) is 0 Å². The van der Waals surface area contributed by atoms with Crippen molar-refractivity contribution >= 4 is 34.9 Å². The molecule has 0 amide bonds. The summed E-state index contributed by atoms with van der Waals surface area (Å²) in [5, 5.41) is 23.8. The maximum absolute atomic E-state index is 11.7. The van der Waals surface area contributed by atoms with Crippen molar-refractivity contribution in [2.24, 2.45) is 5.10 Å². The van der Waals surface area contributed by atoms with Gasteiger partial charge in [0.2, 0.25) is 0 Å². The molecule has 0 unspecified atom stereocenters. The Balaban J connectivity index is 2.51. The van der Waals surface area contributed by atoms with Crippen molar-refractivity contribution in [3.63, 3.8) is 0 Å². The van der Waals surface area contributed by atoms with Crippen molar-refractivity contribution in [2.75, 3.05) is 11.7 Å². The van der Waals surface area contributed by atoms with Crippen molar-refractivity contribution in [2.45, 2.75) is 25.0 Å². The van der Waals surface area contributed by atoms with Gasteiger partial charge in [0, 0.05) is 0 Å². The number of thioether (sulfide) groups is 1. The maximum atomic E-state index is 11.7. The molecule has 22 heavy (non-hydrogen) atoms. The zero-order chi connectivity index (χ0) is 16.4. The van der Waals surface area contributed by atoms with Gasteiger partial charge in [-0.05, 0) is 38.6 Å². The standard InChI is InChI=1S/C13H15N3O4S2/c1-5(17)8-12(16-22-13(8)21-4)15-14-9-10(18)6(2)20-7(3)11(9)19/h18-19H,1-4H3,(H,15,16). The van der Waals surface area contributed by atoms with Gasteiger partial charge in [0.15, 0.2) is 28.5 Å². The number of hydrogen-bond acceptors (Lipinski definition) is 9. The average Bonchev–Trinajstić information content (AvgIpc) is 2.88. The third kappa shape index (κ3) is 2.95. The summed E-state index contributed by atoms with van der Waals surface area (Å²) in [6.45, 7) is 4.55. The van der Waals surface area contributed by atoms with E-state index in [1.54, 1.807) is 13.8 Å². The number of aromatic nitrogens is 1. The van der Waals surface area contributed by atoms with E-state index in [9.17, 15) is 15.0 Å². The van der Waals surface area contributed by atoms with Crippen LogP contribution in [0.5, 0.6) is 11.5 Å². The van der Waals surface area contributed by atoms with E-state index >= 15 is 0 Å². The lowest BCUT2D eigenvalue weighted by Gasteiger charge is -2.05. The minimum atomic E-state index is -0.278. The Kier molecular flexibility index (Phi) is 4.77. The van der Waals surface area contributed by atoms with E-state index < -0.39 is 0 Å². The lowest BCUT2D eigenvalue weighted by atomic mass is 10.2. The van der Waals surface area contributed by atoms with Gasteiger partial charge in [-0.2, -0.15) is 9.47 Å². The minimum Gasteiger partial charge on any atom is -0.503 e. The number of anilines is 1. The number of nitrogens with zero attached hydrogens (tertiary/aromatic N) is 2. The highest BCUT2D eigenvalue weighted by Crippen LogP contribution is 2.31. The molecule has 2 aromatic rings. The van der Waals surface area contributed by atoms with Crippen molar-refractivity contribution in [3.05, 3.63) is 22.4 Å². The first kappa shape index (κ1) is 16.4. The van der Waals surface area contributed by atoms with Crippen LogP contribution in [0.4, 0.5) is 5.82 Å². The second-order valence-corrected chi connectivity index (χ2v) is 6.29. The number of rotatable bonds is 4. The number of nitrogens with one attached hydrogen (secondary N) is 1. The van der Waals surface area contributed by atoms with Crippen LogP contribution in [0.3, 0.4) is 0 Å². The van der Waals surface area contributed by atoms with Gasteiger partial charge in [0.25, 0.3) is 0 Å². The molecule has 118 valence electrons. The molecule has 0 spiro atoms. The Morgan fingerprint density at radius 3 is 2.41 bits per heavy atom. The third-order valence-electron chi connectivity index (χ3n) is 2.89. The van der Waals surface area contributed by atoms with Crippen LogP contribution in [0, 0.1) is 13.8 Å². The molecule has 0 bridgehead atoms. The number of carbonyl (C=O) groups is 1. The van der Waals surface area contributed by atoms with E-state index in [1.807, 2.05) is 6.26 Å². The summed E-state index contributed by atoms with van der Waals surface area (Å²) in [5.41, 5.74) is 3.07. The van der Waals surface area contributed by atoms with Crippen LogP contribution in [0.2, 0.25) is 0 Å². The molecule has 0 saturated carbocycles. The summed E-state index contributed by atoms with van der Waals surface area (Å²) in [6, 6.07) is 0. The molecule has 2 aromatic heterocycles. The van der Waals surface area contributed by atoms with Crippen LogP contribution in [0.25, 0.3) is 0 Å². The van der Waals surface area contributed by atoms with Gasteiger partial charge in [-0.3, -0.25) is 10.2 Å². The van der Waals surface area contributed by atoms with Crippen LogP contribution in [0.15, 0.2) is 13.7 Å². The summed E-state index contributed by atoms with van der Waals surface area (Å²) >= 11 is 2.60. The zero-order valence-electron chi connectivity index (χ0n) is 12.4. The van der Waals surface area contributed by atoms with Crippen molar-refractivity contribution in [3.8, 4) is 11.5 Å². The van der Waals surface area contributed by atoms with E-state index in [0.29, 0.717) is 5.56 Å². The van der Waals surface area contributed by atoms with Crippen molar-refractivity contribution in [1.82, 2.24) is 4.37 Å². The summed E-state index contributed by atoms with van der Waals surface area (Å²) in [5.74, 6) is 0.0495. The van der Waals surface area contributed by atoms with Gasteiger partial charge in [0.1, 0.15) is 11.5 Å². The number of Topliss-reactive ketones (excluding diaryl/α,β-unsaturated/α-hetero) is 1. The number of ketones is 1. The predicted molar refractivity (Wildman–Crippen MR) is 84.6 cm³/mol. The molecule has 0 aromatic carbocycles. The zero-order valence-corrected chi connectivity index (χ0v) is 14.1. The fourth-order valence-electron chi connectivity index (χ4n) is 1.79. The number of aromatic hydroxyl groups is 2. The molecule has 2 heterocycles. The van der Waals surface area contributed by atoms with E-state index in [2.05, 4.69) is 14.9 Å². The summed E-state index contributed by atoms with van der Waals surface area (Å²) in [4.78, 5) is 11.7. The predicted octanol–water partition coefficient (Wildman–Crippen LogP) is 2.62. The molecule has 2 rings (SSSR count). The molecule has 0 aliphatic carbocycles. The second kappa shape index (κ2) is 6.41. The number of hydrogen-bond donors (Lipinski definition) is 3. The molecule has 0 aliphatic rings. The lowest BCUT2D eigenvalue weighted by Crippen LogP contribution is -2.10. The Morgan fingerprint density at radius 1 is 1.32 bits per heavy atom. The molecule has 0 fully saturated rings. The molecular formula is C13H15N3O4S2. The Hall–Kier alpha value is -2.00. The smallest absolute Gasteiger partial charge is 0.185 e. The Bertz CT molecular complexity index is 766. The minimum absolute atomic E-state index is 0.0607. The van der Waals surface area contributed by atoms with E-state index in [4.69, 9.17) is 4.42 Å². The van der Waals surface area contributed by atoms with Crippen LogP contribution >= 0.6 is 23.3 Å². The summed E-state index contributed by atoms with van der Waals surface area (Å²) in [7, 11) is 0. The first-order valence-electron chi connectivity index (χ1n) is 6.23. The van der Waals surface area contributed by atoms with Crippen LogP contribution < -0.4 is 10.8 Å². The number of aryl methyl sites for hydroxylation is 2. The number of carbonyl (C=O) groups excluding carboxylic acids is 1. The molecule has 7 nitrogen and oxygen atoms in total. The highest BCUT2D eigenvalue weighted by molar-refractivity contribution is 8.00. The van der Waals surface area contributed by atoms with E-state index in [-0.39, 0.29) is 40.0 Å². The molecule has 9 heteroatoms. The molecule has 0 radical (unpaired) electrons. The Morgan fingerprint density at radius 2 is 1.91 bits per heavy atom. The first-order valence-corrected chi connectivity index (χ1v) is 8.23. The molecule has 0 atom stereocenters. The fourth-order valence-corrected chi connectivity index (χ4v) is 3.28. The van der Waals surface area contributed by atoms with Crippen LogP contribution in [0.1, 0.15) is 28.8 Å². The monoisotopic (exact) mass is 341 g/mol. The summed E-state index contributed by atoms with van der Waals surface area (Å²) in [6.07, 6.45) is 1.85. The fraction of sp³-hybridized carbons (Fsp3) is 0.308. The van der Waals surface area contributed by atoms with Crippen molar-refractivity contribution < 1.29 is 19.4 Å². The van der Waals surface area contributed by atoms with Crippen molar-refractivity contribution in [1.29, 1.82) is 0 Å². The second-order valence-electron chi connectivity index (χ2n) is 4.44. The molecule has 3 N–H and O–H groups in total. The van der Waals surface area contributed by atoms with Gasteiger partial charge in [-0.1, -0.05) is 0 Å². The lowest BCUT2D eigenvalue weighted by molar-refractivity contribution is 0.101. The average molecular weight is 341 g/mol. The molecule has 0 aliphatic heterocycles. The van der Waals surface area contributed by atoms with Gasteiger partial charge in [0.05, 0.1) is 9.77 Å². The normalized spacial score (nSPS) is 10.5. The molecule has 0 saturated heterocycles. The van der Waals surface area contributed by atoms with E-state index in [0.717, 1.165) is 4.21 Å². The van der Waals surface area contributed by atoms with Crippen LogP contribution in [-0.4, -0.2) is 26.6 Å². The molecular weight excluding hydrogens is 326 g/mol.